The Kier molecular flexibility index (Phi) is 4.84. The Bertz CT molecular complexity index is 381. The molecule has 4 unspecified atom stereocenters. The smallest absolute Gasteiger partial charge is 0.246 e. The second-order valence-electron chi connectivity index (χ2n) is 6.98. The van der Waals surface area contributed by atoms with Crippen LogP contribution in [-0.4, -0.2) is 35.8 Å². The van der Waals surface area contributed by atoms with Crippen LogP contribution in [0.5, 0.6) is 0 Å². The second kappa shape index (κ2) is 6.25. The number of carbonyl (C=O) groups is 2. The summed E-state index contributed by atoms with van der Waals surface area (Å²) >= 11 is 0. The highest BCUT2D eigenvalue weighted by Crippen LogP contribution is 2.34. The van der Waals surface area contributed by atoms with Crippen molar-refractivity contribution in [1.82, 2.24) is 10.2 Å². The zero-order chi connectivity index (χ0) is 14.9. The van der Waals surface area contributed by atoms with E-state index in [2.05, 4.69) is 26.1 Å². The molecule has 0 aromatic carbocycles. The Labute approximate surface area is 122 Å². The Hall–Kier alpha value is -0.900. The van der Waals surface area contributed by atoms with Crippen molar-refractivity contribution in [2.45, 2.75) is 65.0 Å². The van der Waals surface area contributed by atoms with Gasteiger partial charge in [-0.25, -0.2) is 0 Å². The molecule has 0 radical (unpaired) electrons. The van der Waals surface area contributed by atoms with E-state index >= 15 is 0 Å². The van der Waals surface area contributed by atoms with Crippen LogP contribution in [0.2, 0.25) is 0 Å². The summed E-state index contributed by atoms with van der Waals surface area (Å²) in [7, 11) is 1.60. The van der Waals surface area contributed by atoms with E-state index in [9.17, 15) is 9.59 Å². The van der Waals surface area contributed by atoms with Gasteiger partial charge in [0, 0.05) is 19.5 Å². The minimum Gasteiger partial charge on any atom is -0.303 e. The van der Waals surface area contributed by atoms with Crippen LogP contribution < -0.4 is 5.32 Å². The first-order valence-corrected chi connectivity index (χ1v) is 7.96. The number of hydrogen-bond acceptors (Lipinski definition) is 3. The van der Waals surface area contributed by atoms with E-state index < -0.39 is 0 Å². The molecule has 1 aliphatic carbocycles. The second-order valence-corrected chi connectivity index (χ2v) is 6.98. The first-order chi connectivity index (χ1) is 9.40. The summed E-state index contributed by atoms with van der Waals surface area (Å²) < 4.78 is 0. The van der Waals surface area contributed by atoms with E-state index in [4.69, 9.17) is 0 Å². The van der Waals surface area contributed by atoms with Crippen LogP contribution in [0.25, 0.3) is 0 Å². The molecule has 0 bridgehead atoms. The number of rotatable bonds is 3. The van der Waals surface area contributed by atoms with Gasteiger partial charge in [0.2, 0.25) is 11.8 Å². The molecule has 2 aliphatic rings. The number of piperidine rings is 1. The van der Waals surface area contributed by atoms with Crippen molar-refractivity contribution in [3.63, 3.8) is 0 Å². The minimum absolute atomic E-state index is 0.0505. The normalized spacial score (nSPS) is 35.8. The third-order valence-electron chi connectivity index (χ3n) is 5.09. The van der Waals surface area contributed by atoms with Crippen molar-refractivity contribution in [2.75, 3.05) is 7.05 Å². The van der Waals surface area contributed by atoms with Crippen molar-refractivity contribution < 1.29 is 9.59 Å². The molecule has 2 fully saturated rings. The largest absolute Gasteiger partial charge is 0.303 e. The van der Waals surface area contributed by atoms with Crippen molar-refractivity contribution in [3.8, 4) is 0 Å². The third kappa shape index (κ3) is 3.22. The summed E-state index contributed by atoms with van der Waals surface area (Å²) in [6, 6.07) is 0.239. The van der Waals surface area contributed by atoms with Gasteiger partial charge in [-0.05, 0) is 37.0 Å². The predicted octanol–water partition coefficient (Wildman–Crippen LogP) is 2.18. The lowest BCUT2D eigenvalue weighted by Gasteiger charge is -2.41. The van der Waals surface area contributed by atoms with Gasteiger partial charge in [0.05, 0.1) is 6.04 Å². The maximum absolute atomic E-state index is 12.2. The van der Waals surface area contributed by atoms with Gasteiger partial charge in [-0.3, -0.25) is 14.5 Å². The molecule has 0 aromatic heterocycles. The lowest BCUT2D eigenvalue weighted by molar-refractivity contribution is -0.148. The molecule has 4 heteroatoms. The van der Waals surface area contributed by atoms with Gasteiger partial charge in [-0.1, -0.05) is 27.2 Å². The van der Waals surface area contributed by atoms with Crippen molar-refractivity contribution >= 4 is 11.8 Å². The molecule has 114 valence electrons. The fourth-order valence-electron chi connectivity index (χ4n) is 3.72. The van der Waals surface area contributed by atoms with Crippen LogP contribution >= 0.6 is 0 Å². The molecular weight excluding hydrogens is 252 g/mol. The van der Waals surface area contributed by atoms with Crippen molar-refractivity contribution in [2.24, 2.45) is 17.8 Å². The highest BCUT2D eigenvalue weighted by Gasteiger charge is 2.37. The standard InChI is InChI=1S/C16H28N2O2/c1-10(2)12-6-5-11(3)9-14(12)17-13-7-8-15(19)18(4)16(13)20/h10-14,17H,5-9H2,1-4H3. The van der Waals surface area contributed by atoms with Gasteiger partial charge in [-0.15, -0.1) is 0 Å². The maximum Gasteiger partial charge on any atom is 0.246 e. The number of nitrogens with zero attached hydrogens (tertiary/aromatic N) is 1. The fraction of sp³-hybridized carbons (Fsp3) is 0.875. The molecule has 20 heavy (non-hydrogen) atoms. The first kappa shape index (κ1) is 15.5. The average Bonchev–Trinajstić information content (AvgIpc) is 2.39. The van der Waals surface area contributed by atoms with Crippen LogP contribution in [0.15, 0.2) is 0 Å². The quantitative estimate of drug-likeness (QED) is 0.806. The van der Waals surface area contributed by atoms with Gasteiger partial charge < -0.3 is 5.32 Å². The monoisotopic (exact) mass is 280 g/mol. The van der Waals surface area contributed by atoms with Crippen LogP contribution in [-0.2, 0) is 9.59 Å². The number of carbonyl (C=O) groups excluding carboxylic acids is 2. The summed E-state index contributed by atoms with van der Waals surface area (Å²) in [6.07, 6.45) is 4.81. The number of likely N-dealkylation sites (N-methyl/N-ethyl adjacent to an activating group) is 1. The van der Waals surface area contributed by atoms with Crippen LogP contribution in [0.1, 0.15) is 52.9 Å². The Morgan fingerprint density at radius 2 is 1.90 bits per heavy atom. The molecule has 0 spiro atoms. The Morgan fingerprint density at radius 3 is 2.55 bits per heavy atom. The molecule has 1 saturated carbocycles. The lowest BCUT2D eigenvalue weighted by Crippen LogP contribution is -2.56. The molecule has 1 aliphatic heterocycles. The minimum atomic E-state index is -0.172. The summed E-state index contributed by atoms with van der Waals surface area (Å²) in [5.74, 6) is 1.90. The van der Waals surface area contributed by atoms with Crippen molar-refractivity contribution in [3.05, 3.63) is 0 Å². The molecular formula is C16H28N2O2. The summed E-state index contributed by atoms with van der Waals surface area (Å²) in [6.45, 7) is 6.84. The number of nitrogens with one attached hydrogen (secondary N) is 1. The van der Waals surface area contributed by atoms with E-state index in [0.29, 0.717) is 30.7 Å². The molecule has 4 nitrogen and oxygen atoms in total. The predicted molar refractivity (Wildman–Crippen MR) is 79.1 cm³/mol. The molecule has 1 heterocycles. The Balaban J connectivity index is 2.02. The number of amides is 2. The Morgan fingerprint density at radius 1 is 1.20 bits per heavy atom. The summed E-state index contributed by atoms with van der Waals surface area (Å²) in [4.78, 5) is 25.0. The molecule has 1 N–H and O–H groups in total. The highest BCUT2D eigenvalue weighted by molar-refractivity contribution is 6.00. The van der Waals surface area contributed by atoms with Crippen LogP contribution in [0.4, 0.5) is 0 Å². The molecule has 0 aromatic rings. The molecule has 4 atom stereocenters. The molecule has 1 saturated heterocycles. The van der Waals surface area contributed by atoms with Crippen LogP contribution in [0, 0.1) is 17.8 Å². The van der Waals surface area contributed by atoms with Gasteiger partial charge >= 0.3 is 0 Å². The first-order valence-electron chi connectivity index (χ1n) is 7.96. The molecule has 2 rings (SSSR count). The average molecular weight is 280 g/mol. The molecule has 2 amide bonds. The summed E-state index contributed by atoms with van der Waals surface area (Å²) in [5, 5.41) is 3.58. The lowest BCUT2D eigenvalue weighted by atomic mass is 9.73. The van der Waals surface area contributed by atoms with E-state index in [1.165, 1.54) is 17.7 Å². The van der Waals surface area contributed by atoms with E-state index in [-0.39, 0.29) is 17.9 Å². The van der Waals surface area contributed by atoms with E-state index in [1.54, 1.807) is 7.05 Å². The van der Waals surface area contributed by atoms with E-state index in [1.807, 2.05) is 0 Å². The maximum atomic E-state index is 12.2. The zero-order valence-corrected chi connectivity index (χ0v) is 13.2. The number of likely N-dealkylation sites (tertiary alicyclic amines) is 1. The fourth-order valence-corrected chi connectivity index (χ4v) is 3.72. The number of imide groups is 1. The van der Waals surface area contributed by atoms with Gasteiger partial charge in [0.1, 0.15) is 0 Å². The summed E-state index contributed by atoms with van der Waals surface area (Å²) in [5.41, 5.74) is 0. The third-order valence-corrected chi connectivity index (χ3v) is 5.09. The number of hydrogen-bond donors (Lipinski definition) is 1. The SMILES string of the molecule is CC1CCC(C(C)C)C(NC2CCC(=O)N(C)C2=O)C1. The van der Waals surface area contributed by atoms with Crippen molar-refractivity contribution in [1.29, 1.82) is 0 Å². The van der Waals surface area contributed by atoms with Gasteiger partial charge in [-0.2, -0.15) is 0 Å². The highest BCUT2D eigenvalue weighted by atomic mass is 16.2. The topological polar surface area (TPSA) is 49.4 Å². The zero-order valence-electron chi connectivity index (χ0n) is 13.2. The van der Waals surface area contributed by atoms with Crippen LogP contribution in [0.3, 0.4) is 0 Å². The van der Waals surface area contributed by atoms with Gasteiger partial charge in [0.15, 0.2) is 0 Å². The van der Waals surface area contributed by atoms with E-state index in [0.717, 1.165) is 12.3 Å². The van der Waals surface area contributed by atoms with Gasteiger partial charge in [0.25, 0.3) is 0 Å².